The Kier molecular flexibility index (Phi) is 8.64. The first-order valence-electron chi connectivity index (χ1n) is 15.2. The molecular weight excluding hydrogens is 623 g/mol. The lowest BCUT2D eigenvalue weighted by molar-refractivity contribution is -0.138. The molecule has 6 rings (SSSR count). The number of carbonyl (C=O) groups excluding carboxylic acids is 1. The highest BCUT2D eigenvalue weighted by Gasteiger charge is 2.44. The molecule has 11 nitrogen and oxygen atoms in total. The zero-order valence-electron chi connectivity index (χ0n) is 26.6. The number of anilines is 2. The molecule has 246 valence electrons. The van der Waals surface area contributed by atoms with Crippen molar-refractivity contribution >= 4 is 17.5 Å². The minimum Gasteiger partial charge on any atom is -0.383 e. The molecule has 4 aromatic rings. The number of pyridine rings is 1. The highest BCUT2D eigenvalue weighted by molar-refractivity contribution is 6.10. The highest BCUT2D eigenvalue weighted by atomic mass is 19.4. The van der Waals surface area contributed by atoms with Crippen molar-refractivity contribution in [3.63, 3.8) is 0 Å². The molecule has 14 heteroatoms. The number of alkyl halides is 3. The Labute approximate surface area is 275 Å². The van der Waals surface area contributed by atoms with Gasteiger partial charge in [0.15, 0.2) is 5.82 Å². The first-order valence-corrected chi connectivity index (χ1v) is 15.2. The number of carbonyl (C=O) groups is 1. The van der Waals surface area contributed by atoms with Crippen molar-refractivity contribution in [2.45, 2.75) is 44.1 Å². The molecule has 1 N–H and O–H groups in total. The number of aromatic nitrogens is 4. The molecule has 3 heterocycles. The summed E-state index contributed by atoms with van der Waals surface area (Å²) in [6.45, 7) is 0.758. The van der Waals surface area contributed by atoms with Crippen LogP contribution in [0.4, 0.5) is 24.8 Å². The predicted molar refractivity (Wildman–Crippen MR) is 170 cm³/mol. The Morgan fingerprint density at radius 3 is 2.54 bits per heavy atom. The van der Waals surface area contributed by atoms with Crippen LogP contribution in [0.25, 0.3) is 22.5 Å². The van der Waals surface area contributed by atoms with E-state index >= 15 is 0 Å². The minimum absolute atomic E-state index is 0.0314. The summed E-state index contributed by atoms with van der Waals surface area (Å²) in [6, 6.07) is 15.4. The zero-order chi connectivity index (χ0) is 34.2. The molecule has 0 spiro atoms. The van der Waals surface area contributed by atoms with Crippen LogP contribution in [0.2, 0.25) is 0 Å². The fraction of sp³-hybridized carbons (Fsp3) is 0.353. The maximum atomic E-state index is 14.5. The number of rotatable bonds is 11. The zero-order valence-corrected chi connectivity index (χ0v) is 26.6. The van der Waals surface area contributed by atoms with Gasteiger partial charge in [-0.1, -0.05) is 0 Å². The average Bonchev–Trinajstić information content (AvgIpc) is 3.53. The SMILES string of the molecule is COCCN(C)Cc1cc2c(c(C(F)(F)F)c1)CN(c1cc(-c3cc(C#N)ccc3-c3nncn3C)cc(NC3(CC#N)CC3)n1)C2=O. The van der Waals surface area contributed by atoms with Gasteiger partial charge in [0.2, 0.25) is 0 Å². The van der Waals surface area contributed by atoms with Crippen molar-refractivity contribution in [3.05, 3.63) is 76.6 Å². The Morgan fingerprint density at radius 2 is 1.90 bits per heavy atom. The summed E-state index contributed by atoms with van der Waals surface area (Å²) in [4.78, 5) is 21.8. The van der Waals surface area contributed by atoms with Gasteiger partial charge < -0.3 is 14.6 Å². The lowest BCUT2D eigenvalue weighted by atomic mass is 9.97. The number of hydrogen-bond acceptors (Lipinski definition) is 9. The number of ether oxygens (including phenoxy) is 1. The second-order valence-electron chi connectivity index (χ2n) is 12.3. The maximum absolute atomic E-state index is 14.5. The molecule has 0 radical (unpaired) electrons. The van der Waals surface area contributed by atoms with Crippen LogP contribution < -0.4 is 10.2 Å². The van der Waals surface area contributed by atoms with Crippen molar-refractivity contribution in [2.75, 3.05) is 37.5 Å². The monoisotopic (exact) mass is 655 g/mol. The molecule has 2 aromatic carbocycles. The molecule has 1 fully saturated rings. The van der Waals surface area contributed by atoms with Crippen LogP contribution in [0.5, 0.6) is 0 Å². The van der Waals surface area contributed by atoms with Crippen LogP contribution in [-0.4, -0.2) is 63.4 Å². The van der Waals surface area contributed by atoms with E-state index in [1.165, 1.54) is 11.0 Å². The Morgan fingerprint density at radius 1 is 1.10 bits per heavy atom. The van der Waals surface area contributed by atoms with E-state index in [0.29, 0.717) is 52.6 Å². The number of nitrogens with one attached hydrogen (secondary N) is 1. The number of fused-ring (bicyclic) bond motifs is 1. The normalized spacial score (nSPS) is 14.9. The molecule has 0 saturated heterocycles. The van der Waals surface area contributed by atoms with Crippen molar-refractivity contribution in [1.29, 1.82) is 10.5 Å². The summed E-state index contributed by atoms with van der Waals surface area (Å²) in [5.74, 6) is 0.391. The van der Waals surface area contributed by atoms with Gasteiger partial charge in [-0.25, -0.2) is 4.98 Å². The topological polar surface area (TPSA) is 136 Å². The number of likely N-dealkylation sites (N-methyl/N-ethyl adjacent to an activating group) is 1. The first kappa shape index (κ1) is 32.6. The van der Waals surface area contributed by atoms with E-state index in [2.05, 4.69) is 27.7 Å². The van der Waals surface area contributed by atoms with Gasteiger partial charge in [-0.3, -0.25) is 14.6 Å². The van der Waals surface area contributed by atoms with Gasteiger partial charge in [0.1, 0.15) is 18.0 Å². The Bertz CT molecular complexity index is 1970. The number of nitriles is 2. The van der Waals surface area contributed by atoms with Crippen LogP contribution in [-0.2, 0) is 31.1 Å². The Balaban J connectivity index is 1.47. The van der Waals surface area contributed by atoms with Crippen molar-refractivity contribution < 1.29 is 22.7 Å². The molecule has 1 aliphatic carbocycles. The summed E-state index contributed by atoms with van der Waals surface area (Å²) >= 11 is 0. The number of aryl methyl sites for hydroxylation is 1. The van der Waals surface area contributed by atoms with E-state index < -0.39 is 23.2 Å². The lowest BCUT2D eigenvalue weighted by Crippen LogP contribution is -2.26. The van der Waals surface area contributed by atoms with Gasteiger partial charge in [0.25, 0.3) is 5.91 Å². The smallest absolute Gasteiger partial charge is 0.383 e. The number of methoxy groups -OCH3 is 1. The first-order chi connectivity index (χ1) is 22.9. The fourth-order valence-corrected chi connectivity index (χ4v) is 6.00. The van der Waals surface area contributed by atoms with E-state index in [9.17, 15) is 28.5 Å². The number of halogens is 3. The molecule has 48 heavy (non-hydrogen) atoms. The van der Waals surface area contributed by atoms with E-state index in [0.717, 1.165) is 18.9 Å². The van der Waals surface area contributed by atoms with Crippen LogP contribution in [0, 0.1) is 22.7 Å². The van der Waals surface area contributed by atoms with E-state index in [1.54, 1.807) is 62.4 Å². The fourth-order valence-electron chi connectivity index (χ4n) is 6.00. The molecule has 1 amide bonds. The molecule has 0 bridgehead atoms. The summed E-state index contributed by atoms with van der Waals surface area (Å²) in [5, 5.41) is 30.8. The molecule has 0 atom stereocenters. The van der Waals surface area contributed by atoms with E-state index in [4.69, 9.17) is 9.72 Å². The Hall–Kier alpha value is -5.31. The van der Waals surface area contributed by atoms with Crippen LogP contribution in [0.3, 0.4) is 0 Å². The van der Waals surface area contributed by atoms with Gasteiger partial charge in [0.05, 0.1) is 48.4 Å². The van der Waals surface area contributed by atoms with Gasteiger partial charge in [-0.15, -0.1) is 10.2 Å². The van der Waals surface area contributed by atoms with Gasteiger partial charge in [0, 0.05) is 38.4 Å². The van der Waals surface area contributed by atoms with E-state index in [1.807, 2.05) is 4.90 Å². The number of hydrogen-bond donors (Lipinski definition) is 1. The van der Waals surface area contributed by atoms with Crippen LogP contribution in [0.15, 0.2) is 48.8 Å². The van der Waals surface area contributed by atoms with Gasteiger partial charge >= 0.3 is 6.18 Å². The van der Waals surface area contributed by atoms with Gasteiger partial charge in [-0.05, 0) is 84.6 Å². The third-order valence-electron chi connectivity index (χ3n) is 8.70. The molecule has 2 aromatic heterocycles. The summed E-state index contributed by atoms with van der Waals surface area (Å²) in [7, 11) is 5.10. The lowest BCUT2D eigenvalue weighted by Gasteiger charge is -2.21. The minimum atomic E-state index is -4.69. The van der Waals surface area contributed by atoms with Crippen molar-refractivity contribution in [2.24, 2.45) is 7.05 Å². The van der Waals surface area contributed by atoms with Gasteiger partial charge in [-0.2, -0.15) is 23.7 Å². The van der Waals surface area contributed by atoms with Crippen molar-refractivity contribution in [1.82, 2.24) is 24.6 Å². The molecule has 1 saturated carbocycles. The van der Waals surface area contributed by atoms with E-state index in [-0.39, 0.29) is 36.5 Å². The highest BCUT2D eigenvalue weighted by Crippen LogP contribution is 2.44. The number of amides is 1. The second-order valence-corrected chi connectivity index (χ2v) is 12.3. The summed E-state index contributed by atoms with van der Waals surface area (Å²) < 4.78 is 50.2. The average molecular weight is 656 g/mol. The third kappa shape index (κ3) is 6.45. The third-order valence-corrected chi connectivity index (χ3v) is 8.70. The summed E-state index contributed by atoms with van der Waals surface area (Å²) in [6.07, 6.45) is -1.45. The molecule has 1 aliphatic heterocycles. The standard InChI is InChI=1S/C34H32F3N9O2/c1-44(10-11-48-3)18-22-13-26-27(28(14-22)34(35,36)37)19-46(32(26)47)30-16-23(15-29(41-30)42-33(6-7-33)8-9-38)25-12-21(17-39)4-5-24(25)31-43-40-20-45(31)2/h4-5,12-16,20H,6-8,10-11,18-19H2,1-3H3,(H,41,42). The largest absolute Gasteiger partial charge is 0.416 e. The maximum Gasteiger partial charge on any atom is 0.416 e. The van der Waals surface area contributed by atoms with Crippen LogP contribution in [0.1, 0.15) is 51.9 Å². The number of benzene rings is 2. The van der Waals surface area contributed by atoms with Crippen molar-refractivity contribution in [3.8, 4) is 34.7 Å². The molecule has 2 aliphatic rings. The predicted octanol–water partition coefficient (Wildman–Crippen LogP) is 5.53. The molecule has 0 unspecified atom stereocenters. The van der Waals surface area contributed by atoms with Crippen LogP contribution >= 0.6 is 0 Å². The summed E-state index contributed by atoms with van der Waals surface area (Å²) in [5.41, 5.74) is 0.994. The molecular formula is C34H32F3N9O2. The number of nitrogens with zero attached hydrogens (tertiary/aromatic N) is 8. The quantitative estimate of drug-likeness (QED) is 0.221. The second kappa shape index (κ2) is 12.7.